The van der Waals surface area contributed by atoms with E-state index in [4.69, 9.17) is 11.0 Å². The molecule has 0 unspecified atom stereocenters. The van der Waals surface area contributed by atoms with Gasteiger partial charge in [-0.1, -0.05) is 60.7 Å². The summed E-state index contributed by atoms with van der Waals surface area (Å²) in [6, 6.07) is 24.3. The first-order valence-corrected chi connectivity index (χ1v) is 8.68. The van der Waals surface area contributed by atoms with Crippen LogP contribution < -0.4 is 0 Å². The largest absolute Gasteiger partial charge is 0.466 e. The van der Waals surface area contributed by atoms with Crippen LogP contribution in [0.15, 0.2) is 89.6 Å². The van der Waals surface area contributed by atoms with Crippen molar-refractivity contribution in [3.63, 3.8) is 0 Å². The fourth-order valence-electron chi connectivity index (χ4n) is 3.51. The summed E-state index contributed by atoms with van der Waals surface area (Å²) in [5, 5.41) is 2.01. The zero-order valence-electron chi connectivity index (χ0n) is 14.4. The Morgan fingerprint density at radius 1 is 0.667 bits per heavy atom. The molecule has 0 aliphatic heterocycles. The molecule has 0 saturated heterocycles. The van der Waals surface area contributed by atoms with Gasteiger partial charge in [-0.15, -0.1) is 0 Å². The maximum atomic E-state index is 7.38. The van der Waals surface area contributed by atoms with Crippen LogP contribution in [0.3, 0.4) is 0 Å². The normalized spacial score (nSPS) is 10.9. The smallest absolute Gasteiger partial charge is 0.229 e. The van der Waals surface area contributed by atoms with Crippen LogP contribution in [0.5, 0.6) is 0 Å². The number of hydrogen-bond donors (Lipinski definition) is 0. The van der Waals surface area contributed by atoms with Gasteiger partial charge in [0.25, 0.3) is 0 Å². The van der Waals surface area contributed by atoms with E-state index < -0.39 is 0 Å². The summed E-state index contributed by atoms with van der Waals surface area (Å²) in [6.45, 7) is 7.38. The van der Waals surface area contributed by atoms with Gasteiger partial charge in [0, 0.05) is 28.7 Å². The van der Waals surface area contributed by atoms with Crippen LogP contribution in [0.25, 0.3) is 49.0 Å². The van der Waals surface area contributed by atoms with Crippen LogP contribution in [-0.2, 0) is 0 Å². The number of benzene rings is 3. The maximum Gasteiger partial charge on any atom is 0.229 e. The lowest BCUT2D eigenvalue weighted by atomic mass is 9.99. The van der Waals surface area contributed by atoms with E-state index >= 15 is 0 Å². The van der Waals surface area contributed by atoms with Crippen LogP contribution in [-0.4, -0.2) is 4.98 Å². The first kappa shape index (κ1) is 15.4. The van der Waals surface area contributed by atoms with Crippen LogP contribution in [0.1, 0.15) is 0 Å². The molecule has 0 radical (unpaired) electrons. The van der Waals surface area contributed by atoms with Gasteiger partial charge in [-0.2, -0.15) is 0 Å². The van der Waals surface area contributed by atoms with Crippen molar-refractivity contribution in [1.82, 2.24) is 4.98 Å². The third kappa shape index (κ3) is 2.47. The van der Waals surface area contributed by atoms with Gasteiger partial charge in [0.15, 0.2) is 0 Å². The number of nitrogens with zero attached hydrogens (tertiary/aromatic N) is 2. The molecule has 0 atom stereocenters. The Hall–Kier alpha value is -3.90. The minimum atomic E-state index is 0.544. The average molecular weight is 346 g/mol. The second-order valence-corrected chi connectivity index (χ2v) is 6.36. The second-order valence-electron chi connectivity index (χ2n) is 6.36. The van der Waals surface area contributed by atoms with Crippen LogP contribution in [0.4, 0.5) is 5.69 Å². The number of fused-ring (bicyclic) bond motifs is 3. The molecular weight excluding hydrogens is 332 g/mol. The molecule has 5 rings (SSSR count). The molecule has 2 aromatic heterocycles. The SMILES string of the molecule is [C-]#[N+]c1cccc2c1oc1c(-c3ccc(-c4ccncc4)cc3)cccc12. The first-order chi connectivity index (χ1) is 13.3. The fourth-order valence-corrected chi connectivity index (χ4v) is 3.51. The molecule has 27 heavy (non-hydrogen) atoms. The second kappa shape index (κ2) is 6.12. The summed E-state index contributed by atoms with van der Waals surface area (Å²) < 4.78 is 6.15. The van der Waals surface area contributed by atoms with Crippen molar-refractivity contribution in [3.05, 3.63) is 96.6 Å². The first-order valence-electron chi connectivity index (χ1n) is 8.68. The van der Waals surface area contributed by atoms with Gasteiger partial charge in [0.2, 0.25) is 5.69 Å². The molecule has 5 aromatic rings. The van der Waals surface area contributed by atoms with Gasteiger partial charge in [-0.3, -0.25) is 4.98 Å². The van der Waals surface area contributed by atoms with E-state index in [2.05, 4.69) is 40.2 Å². The zero-order chi connectivity index (χ0) is 18.2. The van der Waals surface area contributed by atoms with E-state index in [1.807, 2.05) is 36.4 Å². The van der Waals surface area contributed by atoms with Crippen molar-refractivity contribution in [2.24, 2.45) is 0 Å². The molecular formula is C24H14N2O. The Kier molecular flexibility index (Phi) is 3.48. The molecule has 0 fully saturated rings. The van der Waals surface area contributed by atoms with Gasteiger partial charge in [-0.05, 0) is 28.8 Å². The highest BCUT2D eigenvalue weighted by atomic mass is 16.3. The molecule has 0 aliphatic rings. The summed E-state index contributed by atoms with van der Waals surface area (Å²) in [6.07, 6.45) is 3.60. The number of para-hydroxylation sites is 2. The number of rotatable bonds is 2. The Labute approximate surface area is 156 Å². The third-order valence-electron chi connectivity index (χ3n) is 4.83. The number of aromatic nitrogens is 1. The quantitative estimate of drug-likeness (QED) is 0.327. The van der Waals surface area contributed by atoms with Gasteiger partial charge >= 0.3 is 0 Å². The number of furan rings is 1. The topological polar surface area (TPSA) is 30.4 Å². The predicted octanol–water partition coefficient (Wildman–Crippen LogP) is 6.87. The molecule has 0 spiro atoms. The third-order valence-corrected chi connectivity index (χ3v) is 4.83. The maximum absolute atomic E-state index is 7.38. The van der Waals surface area contributed by atoms with Crippen molar-refractivity contribution >= 4 is 27.6 Å². The molecule has 3 nitrogen and oxygen atoms in total. The Morgan fingerprint density at radius 3 is 2.04 bits per heavy atom. The van der Waals surface area contributed by atoms with Gasteiger partial charge in [-0.25, -0.2) is 4.85 Å². The minimum absolute atomic E-state index is 0.544. The van der Waals surface area contributed by atoms with Crippen molar-refractivity contribution in [3.8, 4) is 22.3 Å². The van der Waals surface area contributed by atoms with E-state index in [1.54, 1.807) is 18.5 Å². The summed E-state index contributed by atoms with van der Waals surface area (Å²) >= 11 is 0. The minimum Gasteiger partial charge on any atom is -0.466 e. The van der Waals surface area contributed by atoms with Gasteiger partial charge in [0.05, 0.1) is 6.57 Å². The predicted molar refractivity (Wildman–Crippen MR) is 109 cm³/mol. The monoisotopic (exact) mass is 346 g/mol. The standard InChI is InChI=1S/C24H14N2O/c1-25-22-7-3-6-21-20-5-2-4-19(23(20)27-24(21)22)18-10-8-16(9-11-18)17-12-14-26-15-13-17/h2-15H. The number of pyridine rings is 1. The van der Waals surface area contributed by atoms with Crippen molar-refractivity contribution in [2.75, 3.05) is 0 Å². The lowest BCUT2D eigenvalue weighted by Crippen LogP contribution is -1.81. The van der Waals surface area contributed by atoms with E-state index in [9.17, 15) is 0 Å². The van der Waals surface area contributed by atoms with Crippen molar-refractivity contribution in [1.29, 1.82) is 0 Å². The lowest BCUT2D eigenvalue weighted by molar-refractivity contribution is 0.672. The Balaban J connectivity index is 1.68. The molecule has 3 heteroatoms. The zero-order valence-corrected chi connectivity index (χ0v) is 14.4. The fraction of sp³-hybridized carbons (Fsp3) is 0. The molecule has 126 valence electrons. The van der Waals surface area contributed by atoms with Gasteiger partial charge in [0.1, 0.15) is 11.2 Å². The van der Waals surface area contributed by atoms with E-state index in [0.29, 0.717) is 11.3 Å². The van der Waals surface area contributed by atoms with Crippen molar-refractivity contribution < 1.29 is 4.42 Å². The molecule has 3 aromatic carbocycles. The highest BCUT2D eigenvalue weighted by Crippen LogP contribution is 2.39. The summed E-state index contributed by atoms with van der Waals surface area (Å²) in [5.41, 5.74) is 6.42. The molecule has 0 N–H and O–H groups in total. The molecule has 0 bridgehead atoms. The summed E-state index contributed by atoms with van der Waals surface area (Å²) in [5.74, 6) is 0. The average Bonchev–Trinajstić information content (AvgIpc) is 3.13. The molecule has 0 amide bonds. The lowest BCUT2D eigenvalue weighted by Gasteiger charge is -2.05. The van der Waals surface area contributed by atoms with E-state index in [-0.39, 0.29) is 0 Å². The van der Waals surface area contributed by atoms with Crippen LogP contribution >= 0.6 is 0 Å². The summed E-state index contributed by atoms with van der Waals surface area (Å²) in [7, 11) is 0. The molecule has 0 saturated carbocycles. The highest BCUT2D eigenvalue weighted by Gasteiger charge is 2.14. The summed E-state index contributed by atoms with van der Waals surface area (Å²) in [4.78, 5) is 7.66. The van der Waals surface area contributed by atoms with Gasteiger partial charge < -0.3 is 4.42 Å². The number of hydrogen-bond acceptors (Lipinski definition) is 2. The molecule has 0 aliphatic carbocycles. The van der Waals surface area contributed by atoms with Crippen molar-refractivity contribution in [2.45, 2.75) is 0 Å². The van der Waals surface area contributed by atoms with Crippen LogP contribution in [0, 0.1) is 6.57 Å². The van der Waals surface area contributed by atoms with E-state index in [1.165, 1.54) is 0 Å². The Morgan fingerprint density at radius 2 is 1.30 bits per heavy atom. The van der Waals surface area contributed by atoms with E-state index in [0.717, 1.165) is 38.6 Å². The molecule has 2 heterocycles. The Bertz CT molecular complexity index is 1310. The van der Waals surface area contributed by atoms with Crippen LogP contribution in [0.2, 0.25) is 0 Å². The highest BCUT2D eigenvalue weighted by molar-refractivity contribution is 6.12.